The molecule has 146 valence electrons. The van der Waals surface area contributed by atoms with Crippen molar-refractivity contribution in [1.29, 1.82) is 0 Å². The van der Waals surface area contributed by atoms with Crippen molar-refractivity contribution < 1.29 is 16.8 Å². The smallest absolute Gasteiger partial charge is 0.240 e. The predicted molar refractivity (Wildman–Crippen MR) is 105 cm³/mol. The molecular formula is C19H24N2O4S2. The SMILES string of the molecule is CS(=O)(=O)c1ccc(S(=O)(=O)NCc2ccc(CN3CCCC3)cc2)cc1. The third kappa shape index (κ3) is 5.38. The van der Waals surface area contributed by atoms with Gasteiger partial charge in [-0.15, -0.1) is 0 Å². The summed E-state index contributed by atoms with van der Waals surface area (Å²) in [7, 11) is -7.05. The summed E-state index contributed by atoms with van der Waals surface area (Å²) in [5.74, 6) is 0. The Morgan fingerprint density at radius 1 is 0.815 bits per heavy atom. The molecule has 6 nitrogen and oxygen atoms in total. The quantitative estimate of drug-likeness (QED) is 0.759. The fourth-order valence-electron chi connectivity index (χ4n) is 3.09. The van der Waals surface area contributed by atoms with Gasteiger partial charge in [0, 0.05) is 19.3 Å². The zero-order valence-electron chi connectivity index (χ0n) is 15.3. The number of nitrogens with zero attached hydrogens (tertiary/aromatic N) is 1. The first kappa shape index (κ1) is 20.0. The number of benzene rings is 2. The van der Waals surface area contributed by atoms with E-state index in [4.69, 9.17) is 0 Å². The zero-order valence-corrected chi connectivity index (χ0v) is 16.9. The van der Waals surface area contributed by atoms with Gasteiger partial charge in [-0.05, 0) is 61.3 Å². The van der Waals surface area contributed by atoms with E-state index in [0.717, 1.165) is 31.5 Å². The highest BCUT2D eigenvalue weighted by atomic mass is 32.2. The van der Waals surface area contributed by atoms with Crippen molar-refractivity contribution in [2.75, 3.05) is 19.3 Å². The lowest BCUT2D eigenvalue weighted by Crippen LogP contribution is -2.23. The Labute approximate surface area is 161 Å². The number of sulfone groups is 1. The molecule has 0 aliphatic carbocycles. The molecule has 0 bridgehead atoms. The molecule has 0 spiro atoms. The Morgan fingerprint density at radius 3 is 1.89 bits per heavy atom. The number of hydrogen-bond donors (Lipinski definition) is 1. The predicted octanol–water partition coefficient (Wildman–Crippen LogP) is 2.16. The van der Waals surface area contributed by atoms with E-state index in [1.54, 1.807) is 0 Å². The molecule has 1 aliphatic rings. The molecule has 8 heteroatoms. The third-order valence-electron chi connectivity index (χ3n) is 4.66. The topological polar surface area (TPSA) is 83.5 Å². The van der Waals surface area contributed by atoms with Gasteiger partial charge in [-0.2, -0.15) is 0 Å². The summed E-state index contributed by atoms with van der Waals surface area (Å²) in [6, 6.07) is 13.1. The van der Waals surface area contributed by atoms with E-state index in [2.05, 4.69) is 9.62 Å². The summed E-state index contributed by atoms with van der Waals surface area (Å²) in [6.45, 7) is 3.39. The first-order valence-corrected chi connectivity index (χ1v) is 12.2. The van der Waals surface area contributed by atoms with E-state index in [9.17, 15) is 16.8 Å². The van der Waals surface area contributed by atoms with Crippen molar-refractivity contribution in [2.45, 2.75) is 35.7 Å². The van der Waals surface area contributed by atoms with Gasteiger partial charge in [0.15, 0.2) is 9.84 Å². The van der Waals surface area contributed by atoms with Crippen molar-refractivity contribution in [3.63, 3.8) is 0 Å². The number of sulfonamides is 1. The van der Waals surface area contributed by atoms with Crippen LogP contribution in [0.15, 0.2) is 58.3 Å². The summed E-state index contributed by atoms with van der Waals surface area (Å²) in [6.07, 6.45) is 3.60. The summed E-state index contributed by atoms with van der Waals surface area (Å²) in [4.78, 5) is 2.55. The highest BCUT2D eigenvalue weighted by molar-refractivity contribution is 7.90. The molecule has 2 aromatic carbocycles. The van der Waals surface area contributed by atoms with Gasteiger partial charge >= 0.3 is 0 Å². The van der Waals surface area contributed by atoms with Gasteiger partial charge in [0.05, 0.1) is 9.79 Å². The summed E-state index contributed by atoms with van der Waals surface area (Å²) in [5.41, 5.74) is 2.09. The van der Waals surface area contributed by atoms with Crippen LogP contribution in [0, 0.1) is 0 Å². The largest absolute Gasteiger partial charge is 0.299 e. The van der Waals surface area contributed by atoms with Gasteiger partial charge in [-0.1, -0.05) is 24.3 Å². The third-order valence-corrected chi connectivity index (χ3v) is 7.20. The molecular weight excluding hydrogens is 384 g/mol. The molecule has 0 unspecified atom stereocenters. The molecule has 0 atom stereocenters. The van der Waals surface area contributed by atoms with E-state index >= 15 is 0 Å². The number of rotatable bonds is 7. The van der Waals surface area contributed by atoms with Crippen LogP contribution >= 0.6 is 0 Å². The lowest BCUT2D eigenvalue weighted by atomic mass is 10.1. The van der Waals surface area contributed by atoms with Gasteiger partial charge in [0.25, 0.3) is 0 Å². The van der Waals surface area contributed by atoms with Crippen LogP contribution in [0.4, 0.5) is 0 Å². The standard InChI is InChI=1S/C19H24N2O4S2/c1-26(22,23)18-8-10-19(11-9-18)27(24,25)20-14-16-4-6-17(7-5-16)15-21-12-2-3-13-21/h4-11,20H,2-3,12-15H2,1H3. The number of hydrogen-bond acceptors (Lipinski definition) is 5. The first-order valence-electron chi connectivity index (χ1n) is 8.84. The molecule has 1 fully saturated rings. The Hall–Kier alpha value is -1.74. The Balaban J connectivity index is 1.61. The van der Waals surface area contributed by atoms with Crippen molar-refractivity contribution in [2.24, 2.45) is 0 Å². The monoisotopic (exact) mass is 408 g/mol. The van der Waals surface area contributed by atoms with Crippen molar-refractivity contribution in [3.05, 3.63) is 59.7 Å². The minimum atomic E-state index is -3.70. The van der Waals surface area contributed by atoms with Crippen LogP contribution in [0.1, 0.15) is 24.0 Å². The van der Waals surface area contributed by atoms with Crippen LogP contribution in [0.2, 0.25) is 0 Å². The van der Waals surface area contributed by atoms with E-state index in [1.165, 1.54) is 42.7 Å². The Bertz CT molecular complexity index is 977. The average molecular weight is 409 g/mol. The molecule has 3 rings (SSSR count). The van der Waals surface area contributed by atoms with Gasteiger partial charge in [-0.25, -0.2) is 21.6 Å². The molecule has 1 heterocycles. The van der Waals surface area contributed by atoms with Gasteiger partial charge in [-0.3, -0.25) is 4.90 Å². The normalized spacial score (nSPS) is 15.9. The maximum Gasteiger partial charge on any atom is 0.240 e. The molecule has 1 saturated heterocycles. The first-order chi connectivity index (χ1) is 12.7. The van der Waals surface area contributed by atoms with E-state index < -0.39 is 19.9 Å². The second kappa shape index (κ2) is 8.10. The molecule has 0 aromatic heterocycles. The highest BCUT2D eigenvalue weighted by Gasteiger charge is 2.16. The van der Waals surface area contributed by atoms with Crippen LogP contribution in [0.3, 0.4) is 0 Å². The maximum atomic E-state index is 12.4. The minimum absolute atomic E-state index is 0.0422. The fourth-order valence-corrected chi connectivity index (χ4v) is 4.74. The van der Waals surface area contributed by atoms with E-state index in [1.807, 2.05) is 24.3 Å². The molecule has 27 heavy (non-hydrogen) atoms. The Morgan fingerprint density at radius 2 is 1.33 bits per heavy atom. The molecule has 0 saturated carbocycles. The number of likely N-dealkylation sites (tertiary alicyclic amines) is 1. The average Bonchev–Trinajstić information content (AvgIpc) is 3.14. The lowest BCUT2D eigenvalue weighted by molar-refractivity contribution is 0.331. The van der Waals surface area contributed by atoms with Gasteiger partial charge < -0.3 is 0 Å². The molecule has 2 aromatic rings. The van der Waals surface area contributed by atoms with Crippen LogP contribution in [0.25, 0.3) is 0 Å². The van der Waals surface area contributed by atoms with Crippen molar-refractivity contribution >= 4 is 19.9 Å². The fraction of sp³-hybridized carbons (Fsp3) is 0.368. The van der Waals surface area contributed by atoms with Crippen LogP contribution in [-0.4, -0.2) is 41.1 Å². The van der Waals surface area contributed by atoms with E-state index in [-0.39, 0.29) is 16.3 Å². The van der Waals surface area contributed by atoms with Crippen LogP contribution in [0.5, 0.6) is 0 Å². The molecule has 1 N–H and O–H groups in total. The molecule has 1 aliphatic heterocycles. The summed E-state index contributed by atoms with van der Waals surface area (Å²) in [5, 5.41) is 0. The Kier molecular flexibility index (Phi) is 6.00. The van der Waals surface area contributed by atoms with Crippen LogP contribution < -0.4 is 4.72 Å². The highest BCUT2D eigenvalue weighted by Crippen LogP contribution is 2.16. The van der Waals surface area contributed by atoms with Crippen LogP contribution in [-0.2, 0) is 33.0 Å². The lowest BCUT2D eigenvalue weighted by Gasteiger charge is -2.14. The second-order valence-corrected chi connectivity index (χ2v) is 10.7. The van der Waals surface area contributed by atoms with E-state index in [0.29, 0.717) is 0 Å². The summed E-state index contributed by atoms with van der Waals surface area (Å²) < 4.78 is 50.3. The summed E-state index contributed by atoms with van der Waals surface area (Å²) >= 11 is 0. The van der Waals surface area contributed by atoms with Crippen molar-refractivity contribution in [3.8, 4) is 0 Å². The zero-order chi connectivity index (χ0) is 19.5. The van der Waals surface area contributed by atoms with Gasteiger partial charge in [0.2, 0.25) is 10.0 Å². The minimum Gasteiger partial charge on any atom is -0.299 e. The molecule has 0 amide bonds. The molecule has 0 radical (unpaired) electrons. The van der Waals surface area contributed by atoms with Gasteiger partial charge in [0.1, 0.15) is 0 Å². The van der Waals surface area contributed by atoms with Crippen molar-refractivity contribution in [1.82, 2.24) is 9.62 Å². The number of nitrogens with one attached hydrogen (secondary N) is 1. The second-order valence-electron chi connectivity index (χ2n) is 6.87. The maximum absolute atomic E-state index is 12.4.